The van der Waals surface area contributed by atoms with Gasteiger partial charge in [-0.25, -0.2) is 0 Å². The van der Waals surface area contributed by atoms with E-state index in [-0.39, 0.29) is 17.6 Å². The van der Waals surface area contributed by atoms with Crippen LogP contribution in [0, 0.1) is 5.92 Å². The number of Topliss-reactive ketones (excluding diaryl/α,β-unsaturated/α-hetero) is 1. The van der Waals surface area contributed by atoms with E-state index < -0.39 is 5.41 Å². The third-order valence-electron chi connectivity index (χ3n) is 4.39. The number of anilines is 1. The van der Waals surface area contributed by atoms with E-state index in [9.17, 15) is 9.59 Å². The SMILES string of the molecule is CC1(C)C(=O)Nc2ccc(C(=O)C3CCOCC3)cc21. The average Bonchev–Trinajstić information content (AvgIpc) is 2.69. The van der Waals surface area contributed by atoms with Crippen molar-refractivity contribution in [2.45, 2.75) is 32.1 Å². The quantitative estimate of drug-likeness (QED) is 0.842. The van der Waals surface area contributed by atoms with Gasteiger partial charge in [0.25, 0.3) is 0 Å². The third kappa shape index (κ3) is 2.04. The fourth-order valence-electron chi connectivity index (χ4n) is 2.92. The maximum Gasteiger partial charge on any atom is 0.234 e. The van der Waals surface area contributed by atoms with Crippen LogP contribution in [-0.2, 0) is 14.9 Å². The zero-order valence-corrected chi connectivity index (χ0v) is 11.9. The van der Waals surface area contributed by atoms with E-state index in [2.05, 4.69) is 5.32 Å². The van der Waals surface area contributed by atoms with Crippen LogP contribution in [0.1, 0.15) is 42.6 Å². The molecule has 1 amide bonds. The first-order valence-corrected chi connectivity index (χ1v) is 7.08. The minimum absolute atomic E-state index is 0.0110. The Morgan fingerprint density at radius 2 is 2.00 bits per heavy atom. The highest BCUT2D eigenvalue weighted by Crippen LogP contribution is 2.38. The van der Waals surface area contributed by atoms with Crippen LogP contribution >= 0.6 is 0 Å². The van der Waals surface area contributed by atoms with Crippen LogP contribution in [0.25, 0.3) is 0 Å². The summed E-state index contributed by atoms with van der Waals surface area (Å²) in [5.41, 5.74) is 1.88. The number of hydrogen-bond acceptors (Lipinski definition) is 3. The summed E-state index contributed by atoms with van der Waals surface area (Å²) in [6.07, 6.45) is 1.58. The first kappa shape index (κ1) is 13.3. The zero-order valence-electron chi connectivity index (χ0n) is 11.9. The number of carbonyl (C=O) groups excluding carboxylic acids is 2. The lowest BCUT2D eigenvalue weighted by atomic mass is 9.83. The maximum absolute atomic E-state index is 12.5. The first-order chi connectivity index (χ1) is 9.50. The van der Waals surface area contributed by atoms with Gasteiger partial charge in [-0.3, -0.25) is 9.59 Å². The molecule has 1 aromatic rings. The van der Waals surface area contributed by atoms with Crippen LogP contribution in [0.5, 0.6) is 0 Å². The zero-order chi connectivity index (χ0) is 14.3. The van der Waals surface area contributed by atoms with E-state index >= 15 is 0 Å². The minimum atomic E-state index is -0.568. The molecular weight excluding hydrogens is 254 g/mol. The normalized spacial score (nSPS) is 21.4. The van der Waals surface area contributed by atoms with Crippen LogP contribution in [0.4, 0.5) is 5.69 Å². The largest absolute Gasteiger partial charge is 0.381 e. The highest BCUT2D eigenvalue weighted by molar-refractivity contribution is 6.07. The molecule has 1 saturated heterocycles. The molecule has 1 N–H and O–H groups in total. The number of hydrogen-bond donors (Lipinski definition) is 1. The van der Waals surface area contributed by atoms with Gasteiger partial charge < -0.3 is 10.1 Å². The van der Waals surface area contributed by atoms with Gasteiger partial charge in [0.2, 0.25) is 5.91 Å². The molecule has 0 bridgehead atoms. The van der Waals surface area contributed by atoms with Crippen molar-refractivity contribution in [2.24, 2.45) is 5.92 Å². The average molecular weight is 273 g/mol. The molecule has 0 unspecified atom stereocenters. The first-order valence-electron chi connectivity index (χ1n) is 7.08. The van der Waals surface area contributed by atoms with Crippen LogP contribution in [0.15, 0.2) is 18.2 Å². The highest BCUT2D eigenvalue weighted by atomic mass is 16.5. The Kier molecular flexibility index (Phi) is 3.13. The van der Waals surface area contributed by atoms with Crippen molar-refractivity contribution in [3.63, 3.8) is 0 Å². The number of carbonyl (C=O) groups is 2. The molecule has 20 heavy (non-hydrogen) atoms. The number of ketones is 1. The second-order valence-electron chi connectivity index (χ2n) is 6.09. The molecule has 0 aliphatic carbocycles. The van der Waals surface area contributed by atoms with Crippen molar-refractivity contribution < 1.29 is 14.3 Å². The number of ether oxygens (including phenoxy) is 1. The van der Waals surface area contributed by atoms with Crippen molar-refractivity contribution >= 4 is 17.4 Å². The molecule has 1 fully saturated rings. The smallest absolute Gasteiger partial charge is 0.234 e. The summed E-state index contributed by atoms with van der Waals surface area (Å²) in [6.45, 7) is 5.09. The van der Waals surface area contributed by atoms with E-state index in [1.165, 1.54) is 0 Å². The molecule has 3 rings (SSSR count). The van der Waals surface area contributed by atoms with Crippen molar-refractivity contribution in [1.82, 2.24) is 0 Å². The van der Waals surface area contributed by atoms with Crippen LogP contribution in [0.3, 0.4) is 0 Å². The Bertz CT molecular complexity index is 571. The van der Waals surface area contributed by atoms with Crippen LogP contribution in [-0.4, -0.2) is 24.9 Å². The Labute approximate surface area is 118 Å². The lowest BCUT2D eigenvalue weighted by molar-refractivity contribution is -0.119. The molecular formula is C16H19NO3. The van der Waals surface area contributed by atoms with Crippen molar-refractivity contribution in [1.29, 1.82) is 0 Å². The number of rotatable bonds is 2. The summed E-state index contributed by atoms with van der Waals surface area (Å²) in [4.78, 5) is 24.5. The number of nitrogens with one attached hydrogen (secondary N) is 1. The molecule has 2 aliphatic heterocycles. The summed E-state index contributed by atoms with van der Waals surface area (Å²) >= 11 is 0. The van der Waals surface area contributed by atoms with E-state index in [0.29, 0.717) is 18.8 Å². The molecule has 4 heteroatoms. The van der Waals surface area contributed by atoms with Gasteiger partial charge in [0, 0.05) is 30.4 Å². The molecule has 0 aromatic heterocycles. The summed E-state index contributed by atoms with van der Waals surface area (Å²) in [6, 6.07) is 5.54. The summed E-state index contributed by atoms with van der Waals surface area (Å²) in [5, 5.41) is 2.86. The van der Waals surface area contributed by atoms with Gasteiger partial charge in [0.15, 0.2) is 5.78 Å². The Morgan fingerprint density at radius 3 is 2.70 bits per heavy atom. The minimum Gasteiger partial charge on any atom is -0.381 e. The lowest BCUT2D eigenvalue weighted by Gasteiger charge is -2.21. The summed E-state index contributed by atoms with van der Waals surface area (Å²) < 4.78 is 5.30. The Balaban J connectivity index is 1.91. The van der Waals surface area contributed by atoms with E-state index in [0.717, 1.165) is 24.1 Å². The molecule has 2 heterocycles. The summed E-state index contributed by atoms with van der Waals surface area (Å²) in [7, 11) is 0. The molecule has 106 valence electrons. The van der Waals surface area contributed by atoms with Crippen LogP contribution in [0.2, 0.25) is 0 Å². The number of fused-ring (bicyclic) bond motifs is 1. The fraction of sp³-hybridized carbons (Fsp3) is 0.500. The fourth-order valence-corrected chi connectivity index (χ4v) is 2.92. The van der Waals surface area contributed by atoms with Gasteiger partial charge in [-0.15, -0.1) is 0 Å². The Morgan fingerprint density at radius 1 is 1.30 bits per heavy atom. The predicted octanol–water partition coefficient (Wildman–Crippen LogP) is 2.53. The van der Waals surface area contributed by atoms with Crippen LogP contribution < -0.4 is 5.32 Å². The third-order valence-corrected chi connectivity index (χ3v) is 4.39. The summed E-state index contributed by atoms with van der Waals surface area (Å²) in [5.74, 6) is 0.212. The Hall–Kier alpha value is -1.68. The standard InChI is InChI=1S/C16H19NO3/c1-16(2)12-9-11(3-4-13(12)17-15(16)19)14(18)10-5-7-20-8-6-10/h3-4,9-10H,5-8H2,1-2H3,(H,17,19). The van der Waals surface area contributed by atoms with Crippen molar-refractivity contribution in [3.8, 4) is 0 Å². The number of benzene rings is 1. The van der Waals surface area contributed by atoms with Crippen molar-refractivity contribution in [3.05, 3.63) is 29.3 Å². The highest BCUT2D eigenvalue weighted by Gasteiger charge is 2.38. The van der Waals surface area contributed by atoms with Gasteiger partial charge >= 0.3 is 0 Å². The molecule has 4 nitrogen and oxygen atoms in total. The van der Waals surface area contributed by atoms with E-state index in [4.69, 9.17) is 4.74 Å². The van der Waals surface area contributed by atoms with E-state index in [1.54, 1.807) is 0 Å². The second-order valence-corrected chi connectivity index (χ2v) is 6.09. The number of amides is 1. The molecule has 0 spiro atoms. The molecule has 0 radical (unpaired) electrons. The molecule has 2 aliphatic rings. The molecule has 1 aromatic carbocycles. The second kappa shape index (κ2) is 4.70. The van der Waals surface area contributed by atoms with Gasteiger partial charge in [0.05, 0.1) is 5.41 Å². The monoisotopic (exact) mass is 273 g/mol. The molecule has 0 saturated carbocycles. The lowest BCUT2D eigenvalue weighted by Crippen LogP contribution is -2.27. The van der Waals surface area contributed by atoms with Gasteiger partial charge in [0.1, 0.15) is 0 Å². The van der Waals surface area contributed by atoms with Gasteiger partial charge in [-0.2, -0.15) is 0 Å². The van der Waals surface area contributed by atoms with Crippen molar-refractivity contribution in [2.75, 3.05) is 18.5 Å². The maximum atomic E-state index is 12.5. The molecule has 0 atom stereocenters. The predicted molar refractivity (Wildman–Crippen MR) is 76.0 cm³/mol. The van der Waals surface area contributed by atoms with Gasteiger partial charge in [-0.05, 0) is 50.5 Å². The van der Waals surface area contributed by atoms with E-state index in [1.807, 2.05) is 32.0 Å². The van der Waals surface area contributed by atoms with Gasteiger partial charge in [-0.1, -0.05) is 0 Å². The topological polar surface area (TPSA) is 55.4 Å².